The number of hydrogen-bond acceptors (Lipinski definition) is 4. The van der Waals surface area contributed by atoms with Crippen molar-refractivity contribution in [3.8, 4) is 6.07 Å². The zero-order valence-electron chi connectivity index (χ0n) is 13.4. The van der Waals surface area contributed by atoms with Gasteiger partial charge < -0.3 is 15.4 Å². The summed E-state index contributed by atoms with van der Waals surface area (Å²) in [6, 6.07) is 1.53. The number of nitrogens with two attached hydrogens (primary N) is 1. The van der Waals surface area contributed by atoms with E-state index in [0.717, 1.165) is 31.1 Å². The lowest BCUT2D eigenvalue weighted by Crippen LogP contribution is -2.46. The van der Waals surface area contributed by atoms with E-state index in [2.05, 4.69) is 6.07 Å². The number of methoxy groups -OCH3 is 1. The van der Waals surface area contributed by atoms with Gasteiger partial charge in [-0.25, -0.2) is 0 Å². The molecule has 5 nitrogen and oxygen atoms in total. The van der Waals surface area contributed by atoms with E-state index < -0.39 is 6.04 Å². The fourth-order valence-corrected chi connectivity index (χ4v) is 4.91. The summed E-state index contributed by atoms with van der Waals surface area (Å²) in [7, 11) is 1.80. The Balaban J connectivity index is 1.50. The molecule has 0 aromatic heterocycles. The van der Waals surface area contributed by atoms with Crippen molar-refractivity contribution in [2.75, 3.05) is 13.7 Å². The highest BCUT2D eigenvalue weighted by Crippen LogP contribution is 2.48. The molecule has 1 amide bonds. The van der Waals surface area contributed by atoms with Crippen LogP contribution in [0.15, 0.2) is 0 Å². The van der Waals surface area contributed by atoms with E-state index in [1.165, 1.54) is 25.7 Å². The molecule has 22 heavy (non-hydrogen) atoms. The lowest BCUT2D eigenvalue weighted by Gasteiger charge is -2.25. The van der Waals surface area contributed by atoms with Crippen LogP contribution in [0.5, 0.6) is 0 Å². The molecule has 0 radical (unpaired) electrons. The van der Waals surface area contributed by atoms with Crippen LogP contribution in [0.2, 0.25) is 0 Å². The molecule has 3 fully saturated rings. The molecule has 2 saturated carbocycles. The van der Waals surface area contributed by atoms with Crippen LogP contribution in [0, 0.1) is 29.1 Å². The monoisotopic (exact) mass is 305 g/mol. The summed E-state index contributed by atoms with van der Waals surface area (Å²) in [5.74, 6) is 2.07. The molecule has 5 heteroatoms. The highest BCUT2D eigenvalue weighted by Gasteiger charge is 2.43. The van der Waals surface area contributed by atoms with Crippen LogP contribution >= 0.6 is 0 Å². The Morgan fingerprint density at radius 3 is 2.64 bits per heavy atom. The molecule has 3 aliphatic rings. The fourth-order valence-electron chi connectivity index (χ4n) is 4.91. The molecule has 0 aromatic rings. The molecular formula is C17H27N3O2. The maximum absolute atomic E-state index is 12.5. The lowest BCUT2D eigenvalue weighted by molar-refractivity contribution is -0.133. The standard InChI is InChI=1S/C17H27N3O2/c1-22-15-8-12-5-11(6-13(12)9-15)7-16(19)17(21)20-4-2-3-14(20)10-18/h11-16H,2-9,19H2,1H3/t11?,12-,13+,14-,15?,16?/m0/s1. The number of fused-ring (bicyclic) bond motifs is 1. The van der Waals surface area contributed by atoms with Crippen molar-refractivity contribution in [3.63, 3.8) is 0 Å². The second kappa shape index (κ2) is 6.55. The van der Waals surface area contributed by atoms with E-state index in [0.29, 0.717) is 18.6 Å². The minimum absolute atomic E-state index is 0.0177. The van der Waals surface area contributed by atoms with Gasteiger partial charge in [0.25, 0.3) is 0 Å². The molecule has 1 heterocycles. The van der Waals surface area contributed by atoms with Crippen LogP contribution < -0.4 is 5.73 Å². The van der Waals surface area contributed by atoms with E-state index in [9.17, 15) is 4.79 Å². The number of ether oxygens (including phenoxy) is 1. The van der Waals surface area contributed by atoms with Crippen LogP contribution in [0.3, 0.4) is 0 Å². The van der Waals surface area contributed by atoms with Crippen molar-refractivity contribution in [1.82, 2.24) is 4.90 Å². The molecule has 0 bridgehead atoms. The third-order valence-electron chi connectivity index (χ3n) is 5.99. The van der Waals surface area contributed by atoms with E-state index >= 15 is 0 Å². The predicted molar refractivity (Wildman–Crippen MR) is 82.7 cm³/mol. The van der Waals surface area contributed by atoms with Crippen LogP contribution in [-0.2, 0) is 9.53 Å². The smallest absolute Gasteiger partial charge is 0.240 e. The van der Waals surface area contributed by atoms with Gasteiger partial charge in [0.15, 0.2) is 0 Å². The molecule has 2 aliphatic carbocycles. The van der Waals surface area contributed by atoms with Crippen molar-refractivity contribution in [3.05, 3.63) is 0 Å². The molecule has 1 aliphatic heterocycles. The SMILES string of the molecule is COC1C[C@H]2CC(CC(N)C(=O)N3CCC[C@H]3C#N)C[C@H]2C1. The van der Waals surface area contributed by atoms with Crippen molar-refractivity contribution in [1.29, 1.82) is 5.26 Å². The van der Waals surface area contributed by atoms with Gasteiger partial charge in [0.05, 0.1) is 18.2 Å². The second-order valence-corrected chi connectivity index (χ2v) is 7.35. The average Bonchev–Trinajstić information content (AvgIpc) is 3.19. The predicted octanol–water partition coefficient (Wildman–Crippen LogP) is 1.67. The van der Waals surface area contributed by atoms with E-state index in [1.807, 2.05) is 0 Å². The summed E-state index contributed by atoms with van der Waals surface area (Å²) in [4.78, 5) is 14.2. The first-order chi connectivity index (χ1) is 10.6. The van der Waals surface area contributed by atoms with Gasteiger partial charge in [0, 0.05) is 13.7 Å². The van der Waals surface area contributed by atoms with Crippen molar-refractivity contribution < 1.29 is 9.53 Å². The van der Waals surface area contributed by atoms with Crippen LogP contribution in [0.4, 0.5) is 0 Å². The van der Waals surface area contributed by atoms with E-state index in [1.54, 1.807) is 12.0 Å². The van der Waals surface area contributed by atoms with E-state index in [-0.39, 0.29) is 11.9 Å². The third kappa shape index (κ3) is 3.00. The molecule has 0 spiro atoms. The second-order valence-electron chi connectivity index (χ2n) is 7.35. The minimum Gasteiger partial charge on any atom is -0.381 e. The zero-order valence-corrected chi connectivity index (χ0v) is 13.4. The molecule has 3 unspecified atom stereocenters. The Morgan fingerprint density at radius 2 is 2.05 bits per heavy atom. The highest BCUT2D eigenvalue weighted by molar-refractivity contribution is 5.82. The lowest BCUT2D eigenvalue weighted by atomic mass is 9.94. The summed E-state index contributed by atoms with van der Waals surface area (Å²) < 4.78 is 5.48. The molecule has 6 atom stereocenters. The van der Waals surface area contributed by atoms with E-state index in [4.69, 9.17) is 15.7 Å². The first kappa shape index (κ1) is 15.8. The number of amides is 1. The summed E-state index contributed by atoms with van der Waals surface area (Å²) in [5, 5.41) is 9.11. The topological polar surface area (TPSA) is 79.3 Å². The summed E-state index contributed by atoms with van der Waals surface area (Å²) in [6.45, 7) is 0.691. The molecule has 2 N–H and O–H groups in total. The number of carbonyl (C=O) groups is 1. The Kier molecular flexibility index (Phi) is 4.70. The number of hydrogen-bond donors (Lipinski definition) is 1. The summed E-state index contributed by atoms with van der Waals surface area (Å²) in [5.41, 5.74) is 6.17. The quantitative estimate of drug-likeness (QED) is 0.857. The fraction of sp³-hybridized carbons (Fsp3) is 0.882. The minimum atomic E-state index is -0.434. The Morgan fingerprint density at radius 1 is 1.36 bits per heavy atom. The van der Waals surface area contributed by atoms with Gasteiger partial charge in [-0.3, -0.25) is 4.79 Å². The zero-order chi connectivity index (χ0) is 15.7. The van der Waals surface area contributed by atoms with Gasteiger partial charge in [-0.05, 0) is 62.7 Å². The Hall–Kier alpha value is -1.12. The third-order valence-corrected chi connectivity index (χ3v) is 5.99. The average molecular weight is 305 g/mol. The highest BCUT2D eigenvalue weighted by atomic mass is 16.5. The van der Waals surface area contributed by atoms with Crippen LogP contribution in [0.25, 0.3) is 0 Å². The summed E-state index contributed by atoms with van der Waals surface area (Å²) in [6.07, 6.45) is 7.64. The van der Waals surface area contributed by atoms with Gasteiger partial charge in [-0.2, -0.15) is 5.26 Å². The Labute approximate surface area is 132 Å². The van der Waals surface area contributed by atoms with Crippen LogP contribution in [0.1, 0.15) is 44.9 Å². The van der Waals surface area contributed by atoms with Gasteiger partial charge in [-0.1, -0.05) is 0 Å². The van der Waals surface area contributed by atoms with Gasteiger partial charge in [0.2, 0.25) is 5.91 Å². The summed E-state index contributed by atoms with van der Waals surface area (Å²) >= 11 is 0. The molecule has 0 aromatic carbocycles. The van der Waals surface area contributed by atoms with Crippen LogP contribution in [-0.4, -0.2) is 42.6 Å². The molecular weight excluding hydrogens is 278 g/mol. The van der Waals surface area contributed by atoms with Crippen molar-refractivity contribution >= 4 is 5.91 Å². The maximum Gasteiger partial charge on any atom is 0.240 e. The largest absolute Gasteiger partial charge is 0.381 e. The first-order valence-corrected chi connectivity index (χ1v) is 8.60. The van der Waals surface area contributed by atoms with Crippen molar-refractivity contribution in [2.45, 2.75) is 63.1 Å². The molecule has 3 rings (SSSR count). The molecule has 122 valence electrons. The number of nitriles is 1. The number of carbonyl (C=O) groups excluding carboxylic acids is 1. The normalized spacial score (nSPS) is 38.8. The Bertz CT molecular complexity index is 447. The molecule has 1 saturated heterocycles. The number of likely N-dealkylation sites (tertiary alicyclic amines) is 1. The first-order valence-electron chi connectivity index (χ1n) is 8.60. The maximum atomic E-state index is 12.5. The number of nitrogens with zero attached hydrogens (tertiary/aromatic N) is 2. The van der Waals surface area contributed by atoms with Gasteiger partial charge in [0.1, 0.15) is 6.04 Å². The van der Waals surface area contributed by atoms with Gasteiger partial charge >= 0.3 is 0 Å². The number of rotatable bonds is 4. The van der Waals surface area contributed by atoms with Crippen molar-refractivity contribution in [2.24, 2.45) is 23.5 Å². The van der Waals surface area contributed by atoms with Gasteiger partial charge in [-0.15, -0.1) is 0 Å².